The minimum Gasteiger partial charge on any atom is -0.490 e. The summed E-state index contributed by atoms with van der Waals surface area (Å²) in [4.78, 5) is 26.2. The summed E-state index contributed by atoms with van der Waals surface area (Å²) in [6.45, 7) is 4.53. The van der Waals surface area contributed by atoms with E-state index in [1.165, 1.54) is 18.2 Å². The second kappa shape index (κ2) is 8.46. The molecule has 0 bridgehead atoms. The van der Waals surface area contributed by atoms with Gasteiger partial charge in [-0.1, -0.05) is 12.1 Å². The molecule has 150 valence electrons. The highest BCUT2D eigenvalue weighted by molar-refractivity contribution is 5.81. The first-order valence-electron chi connectivity index (χ1n) is 9.39. The zero-order valence-electron chi connectivity index (χ0n) is 16.4. The van der Waals surface area contributed by atoms with Crippen LogP contribution < -0.4 is 15.0 Å². The molecule has 1 aliphatic rings. The monoisotopic (exact) mass is 388 g/mol. The Bertz CT molecular complexity index is 904. The molecule has 0 saturated carbocycles. The maximum Gasteiger partial charge on any atom is 0.263 e. The molecule has 1 aromatic heterocycles. The van der Waals surface area contributed by atoms with Gasteiger partial charge >= 0.3 is 0 Å². The van der Waals surface area contributed by atoms with Gasteiger partial charge in [0.25, 0.3) is 11.5 Å². The first kappa shape index (κ1) is 19.9. The van der Waals surface area contributed by atoms with Gasteiger partial charge in [0.05, 0.1) is 0 Å². The molecule has 0 aliphatic carbocycles. The summed E-state index contributed by atoms with van der Waals surface area (Å²) in [5, 5.41) is 0. The standard InChI is InChI=1S/C21H25FN2O4/c1-14-12-17(13-20(25)23(14)3)28-16-8-10-24(11-9-16)21(26)15(2)27-19-7-5-4-6-18(19)22/h4-7,12-13,15-16H,8-11H2,1-3H3. The number of pyridine rings is 1. The number of benzene rings is 1. The number of aryl methyl sites for hydroxylation is 1. The summed E-state index contributed by atoms with van der Waals surface area (Å²) in [6.07, 6.45) is 0.492. The number of para-hydroxylation sites is 1. The topological polar surface area (TPSA) is 60.8 Å². The van der Waals surface area contributed by atoms with Gasteiger partial charge in [0, 0.05) is 44.7 Å². The van der Waals surface area contributed by atoms with E-state index in [1.807, 2.05) is 13.0 Å². The van der Waals surface area contributed by atoms with Gasteiger partial charge < -0.3 is 18.9 Å². The third kappa shape index (κ3) is 4.52. The predicted octanol–water partition coefficient (Wildman–Crippen LogP) is 2.67. The molecule has 1 unspecified atom stereocenters. The van der Waals surface area contributed by atoms with Crippen molar-refractivity contribution in [2.75, 3.05) is 13.1 Å². The van der Waals surface area contributed by atoms with Crippen LogP contribution in [-0.2, 0) is 11.8 Å². The van der Waals surface area contributed by atoms with E-state index in [-0.39, 0.29) is 23.3 Å². The number of carbonyl (C=O) groups excluding carboxylic acids is 1. The second-order valence-corrected chi connectivity index (χ2v) is 7.06. The van der Waals surface area contributed by atoms with Crippen molar-refractivity contribution in [3.05, 3.63) is 58.3 Å². The van der Waals surface area contributed by atoms with E-state index in [2.05, 4.69) is 0 Å². The summed E-state index contributed by atoms with van der Waals surface area (Å²) in [6, 6.07) is 9.36. The lowest BCUT2D eigenvalue weighted by Crippen LogP contribution is -2.46. The molecule has 1 aliphatic heterocycles. The van der Waals surface area contributed by atoms with Gasteiger partial charge in [-0.2, -0.15) is 0 Å². The molecule has 0 N–H and O–H groups in total. The molecule has 3 rings (SSSR count). The average molecular weight is 388 g/mol. The predicted molar refractivity (Wildman–Crippen MR) is 103 cm³/mol. The van der Waals surface area contributed by atoms with E-state index < -0.39 is 11.9 Å². The van der Waals surface area contributed by atoms with Crippen LogP contribution in [0.25, 0.3) is 0 Å². The van der Waals surface area contributed by atoms with E-state index in [1.54, 1.807) is 35.6 Å². The Morgan fingerprint density at radius 2 is 1.89 bits per heavy atom. The minimum atomic E-state index is -0.769. The first-order chi connectivity index (χ1) is 13.3. The summed E-state index contributed by atoms with van der Waals surface area (Å²) in [5.41, 5.74) is 0.718. The number of ether oxygens (including phenoxy) is 2. The lowest BCUT2D eigenvalue weighted by atomic mass is 10.1. The molecule has 7 heteroatoms. The number of amides is 1. The normalized spacial score (nSPS) is 15.9. The van der Waals surface area contributed by atoms with Crippen LogP contribution in [0, 0.1) is 12.7 Å². The van der Waals surface area contributed by atoms with E-state index >= 15 is 0 Å². The summed E-state index contributed by atoms with van der Waals surface area (Å²) in [5.74, 6) is -0.0334. The largest absolute Gasteiger partial charge is 0.490 e. The quantitative estimate of drug-likeness (QED) is 0.790. The van der Waals surface area contributed by atoms with Crippen LogP contribution in [0.15, 0.2) is 41.2 Å². The molecular formula is C21H25FN2O4. The highest BCUT2D eigenvalue weighted by Gasteiger charge is 2.28. The van der Waals surface area contributed by atoms with Gasteiger partial charge in [0.1, 0.15) is 11.9 Å². The zero-order chi connectivity index (χ0) is 20.3. The molecule has 2 heterocycles. The fourth-order valence-electron chi connectivity index (χ4n) is 3.23. The molecule has 1 atom stereocenters. The van der Waals surface area contributed by atoms with E-state index in [4.69, 9.17) is 9.47 Å². The van der Waals surface area contributed by atoms with Crippen LogP contribution in [0.4, 0.5) is 4.39 Å². The SMILES string of the molecule is Cc1cc(OC2CCN(C(=O)C(C)Oc3ccccc3F)CC2)cc(=O)n1C. The van der Waals surface area contributed by atoms with E-state index in [9.17, 15) is 14.0 Å². The number of hydrogen-bond acceptors (Lipinski definition) is 4. The summed E-state index contributed by atoms with van der Waals surface area (Å²) >= 11 is 0. The Hall–Kier alpha value is -2.83. The van der Waals surface area contributed by atoms with Gasteiger partial charge in [0.2, 0.25) is 0 Å². The van der Waals surface area contributed by atoms with Crippen LogP contribution in [0.2, 0.25) is 0 Å². The minimum absolute atomic E-state index is 0.0571. The highest BCUT2D eigenvalue weighted by atomic mass is 19.1. The Morgan fingerprint density at radius 1 is 1.21 bits per heavy atom. The number of aromatic nitrogens is 1. The molecule has 0 radical (unpaired) electrons. The Balaban J connectivity index is 1.54. The molecule has 6 nitrogen and oxygen atoms in total. The maximum absolute atomic E-state index is 13.7. The van der Waals surface area contributed by atoms with Gasteiger partial charge in [-0.3, -0.25) is 9.59 Å². The smallest absolute Gasteiger partial charge is 0.263 e. The number of likely N-dealkylation sites (tertiary alicyclic amines) is 1. The molecule has 1 amide bonds. The van der Waals surface area contributed by atoms with Crippen LogP contribution in [0.1, 0.15) is 25.5 Å². The fourth-order valence-corrected chi connectivity index (χ4v) is 3.23. The molecule has 2 aromatic rings. The zero-order valence-corrected chi connectivity index (χ0v) is 16.4. The molecule has 1 aromatic carbocycles. The van der Waals surface area contributed by atoms with Crippen molar-refractivity contribution in [1.29, 1.82) is 0 Å². The van der Waals surface area contributed by atoms with Crippen molar-refractivity contribution in [2.24, 2.45) is 7.05 Å². The number of hydrogen-bond donors (Lipinski definition) is 0. The maximum atomic E-state index is 13.7. The van der Waals surface area contributed by atoms with Gasteiger partial charge in [-0.05, 0) is 32.0 Å². The van der Waals surface area contributed by atoms with Crippen molar-refractivity contribution in [3.63, 3.8) is 0 Å². The average Bonchev–Trinajstić information content (AvgIpc) is 2.68. The molecular weight excluding hydrogens is 363 g/mol. The lowest BCUT2D eigenvalue weighted by Gasteiger charge is -2.33. The van der Waals surface area contributed by atoms with Gasteiger partial charge in [0.15, 0.2) is 17.7 Å². The lowest BCUT2D eigenvalue weighted by molar-refractivity contribution is -0.139. The summed E-state index contributed by atoms with van der Waals surface area (Å²) < 4.78 is 26.7. The molecule has 1 saturated heterocycles. The van der Waals surface area contributed by atoms with Crippen molar-refractivity contribution in [1.82, 2.24) is 9.47 Å². The number of nitrogens with zero attached hydrogens (tertiary/aromatic N) is 2. The van der Waals surface area contributed by atoms with Crippen molar-refractivity contribution < 1.29 is 18.7 Å². The molecule has 28 heavy (non-hydrogen) atoms. The van der Waals surface area contributed by atoms with E-state index in [0.29, 0.717) is 31.7 Å². The number of piperidine rings is 1. The highest BCUT2D eigenvalue weighted by Crippen LogP contribution is 2.21. The summed E-state index contributed by atoms with van der Waals surface area (Å²) in [7, 11) is 1.72. The van der Waals surface area contributed by atoms with Crippen LogP contribution in [0.5, 0.6) is 11.5 Å². The number of rotatable bonds is 5. The first-order valence-corrected chi connectivity index (χ1v) is 9.39. The second-order valence-electron chi connectivity index (χ2n) is 7.06. The Morgan fingerprint density at radius 3 is 2.54 bits per heavy atom. The Kier molecular flexibility index (Phi) is 6.02. The van der Waals surface area contributed by atoms with Gasteiger partial charge in [-0.25, -0.2) is 4.39 Å². The number of halogens is 1. The van der Waals surface area contributed by atoms with Crippen LogP contribution in [0.3, 0.4) is 0 Å². The molecule has 0 spiro atoms. The van der Waals surface area contributed by atoms with Crippen molar-refractivity contribution >= 4 is 5.91 Å². The van der Waals surface area contributed by atoms with E-state index in [0.717, 1.165) is 5.69 Å². The van der Waals surface area contributed by atoms with Crippen LogP contribution in [-0.4, -0.2) is 40.7 Å². The molecule has 1 fully saturated rings. The van der Waals surface area contributed by atoms with Crippen LogP contribution >= 0.6 is 0 Å². The number of carbonyl (C=O) groups is 1. The van der Waals surface area contributed by atoms with Crippen molar-refractivity contribution in [2.45, 2.75) is 38.9 Å². The van der Waals surface area contributed by atoms with Gasteiger partial charge in [-0.15, -0.1) is 0 Å². The third-order valence-electron chi connectivity index (χ3n) is 5.02. The van der Waals surface area contributed by atoms with Crippen molar-refractivity contribution in [3.8, 4) is 11.5 Å². The Labute approximate surface area is 163 Å². The fraction of sp³-hybridized carbons (Fsp3) is 0.429. The third-order valence-corrected chi connectivity index (χ3v) is 5.02.